The zero-order chi connectivity index (χ0) is 21.3. The van der Waals surface area contributed by atoms with Crippen LogP contribution in [-0.2, 0) is 0 Å². The highest BCUT2D eigenvalue weighted by Gasteiger charge is 2.21. The van der Waals surface area contributed by atoms with Crippen molar-refractivity contribution in [2.75, 3.05) is 18.8 Å². The number of hydrogen-bond donors (Lipinski definition) is 2. The van der Waals surface area contributed by atoms with Crippen LogP contribution in [0.1, 0.15) is 36.6 Å². The third-order valence-corrected chi connectivity index (χ3v) is 6.79. The Labute approximate surface area is 183 Å². The minimum atomic E-state index is -0.937. The van der Waals surface area contributed by atoms with Crippen LogP contribution in [0.3, 0.4) is 0 Å². The fourth-order valence-electron chi connectivity index (χ4n) is 3.63. The van der Waals surface area contributed by atoms with E-state index in [0.717, 1.165) is 43.1 Å². The maximum Gasteiger partial charge on any atom is 0.164 e. The second-order valence-electron chi connectivity index (χ2n) is 7.31. The third kappa shape index (κ3) is 4.31. The Morgan fingerprint density at radius 2 is 2.00 bits per heavy atom. The van der Waals surface area contributed by atoms with E-state index in [4.69, 9.17) is 17.3 Å². The van der Waals surface area contributed by atoms with Gasteiger partial charge in [0.15, 0.2) is 11.6 Å². The molecule has 3 heterocycles. The van der Waals surface area contributed by atoms with Crippen LogP contribution < -0.4 is 11.1 Å². The average molecular weight is 450 g/mol. The Hall–Kier alpha value is -2.16. The van der Waals surface area contributed by atoms with Crippen molar-refractivity contribution >= 4 is 29.2 Å². The molecule has 0 radical (unpaired) electrons. The van der Waals surface area contributed by atoms with Crippen LogP contribution >= 0.6 is 23.4 Å². The summed E-state index contributed by atoms with van der Waals surface area (Å²) in [5.74, 6) is -1.53. The average Bonchev–Trinajstić information content (AvgIpc) is 3.24. The largest absolute Gasteiger partial charge is 0.383 e. The number of nitrogen functional groups attached to an aromatic ring is 1. The molecule has 1 atom stereocenters. The molecular weight excluding hydrogens is 428 g/mol. The smallest absolute Gasteiger partial charge is 0.164 e. The van der Waals surface area contributed by atoms with Gasteiger partial charge in [0.1, 0.15) is 5.82 Å². The number of nitrogens with zero attached hydrogens (tertiary/aromatic N) is 3. The van der Waals surface area contributed by atoms with E-state index < -0.39 is 16.9 Å². The Balaban J connectivity index is 1.58. The van der Waals surface area contributed by atoms with E-state index in [1.54, 1.807) is 13.1 Å². The van der Waals surface area contributed by atoms with Crippen LogP contribution in [0.5, 0.6) is 0 Å². The van der Waals surface area contributed by atoms with Gasteiger partial charge in [-0.2, -0.15) is 5.10 Å². The molecule has 4 rings (SSSR count). The lowest BCUT2D eigenvalue weighted by molar-refractivity contribution is 0.343. The Kier molecular flexibility index (Phi) is 6.26. The first-order chi connectivity index (χ1) is 14.4. The predicted molar refractivity (Wildman–Crippen MR) is 117 cm³/mol. The zero-order valence-corrected chi connectivity index (χ0v) is 18.0. The summed E-state index contributed by atoms with van der Waals surface area (Å²) in [5.41, 5.74) is 7.98. The second kappa shape index (κ2) is 8.91. The Morgan fingerprint density at radius 3 is 2.77 bits per heavy atom. The monoisotopic (exact) mass is 449 g/mol. The maximum absolute atomic E-state index is 14.3. The number of pyridine rings is 1. The van der Waals surface area contributed by atoms with Crippen LogP contribution in [0, 0.1) is 11.6 Å². The quantitative estimate of drug-likeness (QED) is 0.412. The van der Waals surface area contributed by atoms with E-state index in [1.165, 1.54) is 17.8 Å². The van der Waals surface area contributed by atoms with Gasteiger partial charge in [0.05, 0.1) is 17.1 Å². The molecule has 0 amide bonds. The van der Waals surface area contributed by atoms with E-state index >= 15 is 0 Å². The summed E-state index contributed by atoms with van der Waals surface area (Å²) in [7, 11) is 0. The molecule has 0 spiro atoms. The highest BCUT2D eigenvalue weighted by molar-refractivity contribution is 7.99. The molecule has 1 unspecified atom stereocenters. The van der Waals surface area contributed by atoms with Gasteiger partial charge in [0, 0.05) is 39.4 Å². The molecule has 1 aliphatic rings. The summed E-state index contributed by atoms with van der Waals surface area (Å²) < 4.78 is 30.0. The third-order valence-electron chi connectivity index (χ3n) is 5.29. The minimum absolute atomic E-state index is 0.116. The fraction of sp³-hybridized carbons (Fsp3) is 0.333. The van der Waals surface area contributed by atoms with Crippen molar-refractivity contribution in [3.8, 4) is 11.1 Å². The van der Waals surface area contributed by atoms with E-state index in [2.05, 4.69) is 15.4 Å². The van der Waals surface area contributed by atoms with Gasteiger partial charge in [-0.05, 0) is 51.1 Å². The standard InChI is InChI=1S/C21H22ClF2N5S/c1-12(19-16(22)2-3-17(23)20(19)24)30-18-8-13(9-27-21(18)25)14-10-28-29(11-14)15-4-6-26-7-5-15/h2-3,8-12,15,26H,4-7H2,1H3,(H2,25,27). The first-order valence-electron chi connectivity index (χ1n) is 9.75. The molecule has 2 aromatic heterocycles. The van der Waals surface area contributed by atoms with Gasteiger partial charge in [-0.25, -0.2) is 13.8 Å². The molecule has 3 aromatic rings. The lowest BCUT2D eigenvalue weighted by Gasteiger charge is -2.22. The number of thioether (sulfide) groups is 1. The normalized spacial score (nSPS) is 16.0. The van der Waals surface area contributed by atoms with Crippen molar-refractivity contribution in [1.29, 1.82) is 0 Å². The minimum Gasteiger partial charge on any atom is -0.383 e. The number of aromatic nitrogens is 3. The highest BCUT2D eigenvalue weighted by atomic mass is 35.5. The summed E-state index contributed by atoms with van der Waals surface area (Å²) in [6, 6.07) is 4.67. The van der Waals surface area contributed by atoms with Crippen LogP contribution in [-0.4, -0.2) is 27.9 Å². The predicted octanol–water partition coefficient (Wildman–Crippen LogP) is 5.24. The first-order valence-corrected chi connectivity index (χ1v) is 11.0. The molecule has 0 aliphatic carbocycles. The molecule has 0 bridgehead atoms. The number of piperidine rings is 1. The lowest BCUT2D eigenvalue weighted by atomic mass is 10.1. The zero-order valence-electron chi connectivity index (χ0n) is 16.4. The van der Waals surface area contributed by atoms with Gasteiger partial charge >= 0.3 is 0 Å². The van der Waals surface area contributed by atoms with E-state index in [9.17, 15) is 8.78 Å². The van der Waals surface area contributed by atoms with Crippen LogP contribution in [0.2, 0.25) is 5.02 Å². The highest BCUT2D eigenvalue weighted by Crippen LogP contribution is 2.42. The molecule has 30 heavy (non-hydrogen) atoms. The number of nitrogens with two attached hydrogens (primary N) is 1. The number of hydrogen-bond acceptors (Lipinski definition) is 5. The van der Waals surface area contributed by atoms with Crippen molar-refractivity contribution in [2.24, 2.45) is 0 Å². The molecule has 3 N–H and O–H groups in total. The summed E-state index contributed by atoms with van der Waals surface area (Å²) in [4.78, 5) is 4.97. The van der Waals surface area contributed by atoms with E-state index in [1.807, 2.05) is 23.1 Å². The topological polar surface area (TPSA) is 68.8 Å². The van der Waals surface area contributed by atoms with Gasteiger partial charge in [-0.1, -0.05) is 11.6 Å². The van der Waals surface area contributed by atoms with Crippen molar-refractivity contribution in [2.45, 2.75) is 36.0 Å². The van der Waals surface area contributed by atoms with Crippen molar-refractivity contribution < 1.29 is 8.78 Å². The number of halogens is 3. The van der Waals surface area contributed by atoms with E-state index in [0.29, 0.717) is 16.8 Å². The first kappa shape index (κ1) is 21.1. The second-order valence-corrected chi connectivity index (χ2v) is 9.10. The summed E-state index contributed by atoms with van der Waals surface area (Å²) in [5, 5.41) is 7.60. The lowest BCUT2D eigenvalue weighted by Crippen LogP contribution is -2.29. The summed E-state index contributed by atoms with van der Waals surface area (Å²) in [6.07, 6.45) is 7.61. The summed E-state index contributed by atoms with van der Waals surface area (Å²) in [6.45, 7) is 3.73. The molecule has 9 heteroatoms. The molecule has 1 fully saturated rings. The Morgan fingerprint density at radius 1 is 1.23 bits per heavy atom. The number of anilines is 1. The Bertz CT molecular complexity index is 1050. The number of nitrogens with one attached hydrogen (secondary N) is 1. The number of rotatable bonds is 5. The van der Waals surface area contributed by atoms with Gasteiger partial charge < -0.3 is 11.1 Å². The molecule has 1 aliphatic heterocycles. The SMILES string of the molecule is CC(Sc1cc(-c2cnn(C3CCNCC3)c2)cnc1N)c1c(Cl)ccc(F)c1F. The van der Waals surface area contributed by atoms with Crippen LogP contribution in [0.25, 0.3) is 11.1 Å². The van der Waals surface area contributed by atoms with Crippen molar-refractivity contribution in [3.63, 3.8) is 0 Å². The van der Waals surface area contributed by atoms with Crippen molar-refractivity contribution in [1.82, 2.24) is 20.1 Å². The summed E-state index contributed by atoms with van der Waals surface area (Å²) >= 11 is 7.41. The molecule has 0 saturated carbocycles. The maximum atomic E-state index is 14.3. The molecule has 158 valence electrons. The van der Waals surface area contributed by atoms with Crippen LogP contribution in [0.15, 0.2) is 41.7 Å². The van der Waals surface area contributed by atoms with Crippen molar-refractivity contribution in [3.05, 3.63) is 59.0 Å². The van der Waals surface area contributed by atoms with Gasteiger partial charge in [-0.3, -0.25) is 4.68 Å². The molecule has 1 saturated heterocycles. The molecule has 5 nitrogen and oxygen atoms in total. The fourth-order valence-corrected chi connectivity index (χ4v) is 5.10. The van der Waals surface area contributed by atoms with E-state index in [-0.39, 0.29) is 10.6 Å². The van der Waals surface area contributed by atoms with Gasteiger partial charge in [0.2, 0.25) is 0 Å². The van der Waals surface area contributed by atoms with Crippen LogP contribution in [0.4, 0.5) is 14.6 Å². The number of benzene rings is 1. The molecular formula is C21H22ClF2N5S. The van der Waals surface area contributed by atoms with Gasteiger partial charge in [0.25, 0.3) is 0 Å². The molecule has 1 aromatic carbocycles. The van der Waals surface area contributed by atoms with Gasteiger partial charge in [-0.15, -0.1) is 11.8 Å².